The van der Waals surface area contributed by atoms with E-state index < -0.39 is 0 Å². The van der Waals surface area contributed by atoms with Gasteiger partial charge in [0.2, 0.25) is 0 Å². The van der Waals surface area contributed by atoms with Crippen molar-refractivity contribution in [2.45, 2.75) is 31.6 Å². The number of nitrogens with zero attached hydrogens (tertiary/aromatic N) is 1. The van der Waals surface area contributed by atoms with E-state index in [1.807, 2.05) is 6.20 Å². The molecule has 0 spiro atoms. The number of hydrogen-bond acceptors (Lipinski definition) is 2. The van der Waals surface area contributed by atoms with Crippen LogP contribution in [-0.4, -0.2) is 16.7 Å². The minimum Gasteiger partial charge on any atom is -0.330 e. The molecule has 0 radical (unpaired) electrons. The molecule has 1 unspecified atom stereocenters. The summed E-state index contributed by atoms with van der Waals surface area (Å²) < 4.78 is 0. The molecular weight excluding hydrogens is 150 g/mol. The van der Waals surface area contributed by atoms with E-state index in [1.54, 1.807) is 0 Å². The minimum atomic E-state index is 0.664. The van der Waals surface area contributed by atoms with E-state index in [0.717, 1.165) is 19.4 Å². The first-order valence-electron chi connectivity index (χ1n) is 4.64. The molecule has 12 heavy (non-hydrogen) atoms. The van der Waals surface area contributed by atoms with Gasteiger partial charge in [-0.2, -0.15) is 5.10 Å². The number of hydrogen-bond donors (Lipinski definition) is 2. The molecular formula is C9H15N3. The molecule has 1 aromatic heterocycles. The van der Waals surface area contributed by atoms with Crippen molar-refractivity contribution in [2.75, 3.05) is 6.54 Å². The topological polar surface area (TPSA) is 54.7 Å². The summed E-state index contributed by atoms with van der Waals surface area (Å²) in [5, 5.41) is 7.13. The fourth-order valence-corrected chi connectivity index (χ4v) is 2.06. The standard InChI is InChI=1S/C9H15N3/c10-5-4-7-2-1-3-9-8(7)6-11-12-9/h6-7H,1-5,10H2,(H,11,12). The molecule has 0 aliphatic heterocycles. The van der Waals surface area contributed by atoms with Crippen LogP contribution in [0.15, 0.2) is 6.20 Å². The van der Waals surface area contributed by atoms with Crippen molar-refractivity contribution in [3.63, 3.8) is 0 Å². The quantitative estimate of drug-likeness (QED) is 0.691. The molecule has 1 heterocycles. The average molecular weight is 165 g/mol. The summed E-state index contributed by atoms with van der Waals surface area (Å²) >= 11 is 0. The van der Waals surface area contributed by atoms with Gasteiger partial charge >= 0.3 is 0 Å². The van der Waals surface area contributed by atoms with Crippen LogP contribution in [0.4, 0.5) is 0 Å². The van der Waals surface area contributed by atoms with Crippen molar-refractivity contribution in [2.24, 2.45) is 5.73 Å². The van der Waals surface area contributed by atoms with Crippen LogP contribution < -0.4 is 5.73 Å². The lowest BCUT2D eigenvalue weighted by atomic mass is 9.85. The molecule has 0 bridgehead atoms. The maximum atomic E-state index is 5.55. The Labute approximate surface area is 72.4 Å². The SMILES string of the molecule is NCCC1CCCc2[nH]ncc21. The smallest absolute Gasteiger partial charge is 0.0524 e. The Morgan fingerprint density at radius 3 is 3.42 bits per heavy atom. The second-order valence-electron chi connectivity index (χ2n) is 3.47. The fraction of sp³-hybridized carbons (Fsp3) is 0.667. The summed E-state index contributed by atoms with van der Waals surface area (Å²) in [4.78, 5) is 0. The minimum absolute atomic E-state index is 0.664. The van der Waals surface area contributed by atoms with Crippen molar-refractivity contribution in [3.05, 3.63) is 17.5 Å². The second-order valence-corrected chi connectivity index (χ2v) is 3.47. The molecule has 0 saturated heterocycles. The third-order valence-electron chi connectivity index (χ3n) is 2.69. The van der Waals surface area contributed by atoms with Crippen molar-refractivity contribution in [1.29, 1.82) is 0 Å². The summed E-state index contributed by atoms with van der Waals surface area (Å²) in [5.74, 6) is 0.664. The lowest BCUT2D eigenvalue weighted by molar-refractivity contribution is 0.523. The first-order valence-corrected chi connectivity index (χ1v) is 4.64. The highest BCUT2D eigenvalue weighted by Crippen LogP contribution is 2.31. The number of rotatable bonds is 2. The Morgan fingerprint density at radius 1 is 1.67 bits per heavy atom. The van der Waals surface area contributed by atoms with Crippen LogP contribution in [0.1, 0.15) is 36.4 Å². The van der Waals surface area contributed by atoms with E-state index in [9.17, 15) is 0 Å². The van der Waals surface area contributed by atoms with E-state index in [-0.39, 0.29) is 0 Å². The predicted molar refractivity (Wildman–Crippen MR) is 47.9 cm³/mol. The van der Waals surface area contributed by atoms with Crippen molar-refractivity contribution in [3.8, 4) is 0 Å². The lowest BCUT2D eigenvalue weighted by Gasteiger charge is -2.20. The Kier molecular flexibility index (Phi) is 2.13. The highest BCUT2D eigenvalue weighted by atomic mass is 15.1. The van der Waals surface area contributed by atoms with Crippen molar-refractivity contribution >= 4 is 0 Å². The monoisotopic (exact) mass is 165 g/mol. The molecule has 3 heteroatoms. The number of aromatic nitrogens is 2. The highest BCUT2D eigenvalue weighted by Gasteiger charge is 2.20. The van der Waals surface area contributed by atoms with Gasteiger partial charge in [0, 0.05) is 5.69 Å². The maximum Gasteiger partial charge on any atom is 0.0524 e. The van der Waals surface area contributed by atoms with Crippen molar-refractivity contribution < 1.29 is 0 Å². The van der Waals surface area contributed by atoms with Gasteiger partial charge in [-0.15, -0.1) is 0 Å². The molecule has 1 aromatic rings. The number of nitrogens with one attached hydrogen (secondary N) is 1. The van der Waals surface area contributed by atoms with Gasteiger partial charge in [-0.05, 0) is 43.7 Å². The molecule has 0 amide bonds. The molecule has 2 rings (SSSR count). The molecule has 1 aliphatic carbocycles. The zero-order chi connectivity index (χ0) is 8.39. The molecule has 66 valence electrons. The van der Waals surface area contributed by atoms with E-state index in [4.69, 9.17) is 5.73 Å². The summed E-state index contributed by atoms with van der Waals surface area (Å²) in [6.45, 7) is 0.787. The van der Waals surface area contributed by atoms with Crippen LogP contribution in [0, 0.1) is 0 Å². The van der Waals surface area contributed by atoms with Gasteiger partial charge in [0.05, 0.1) is 6.20 Å². The van der Waals surface area contributed by atoms with Gasteiger partial charge in [-0.1, -0.05) is 0 Å². The first kappa shape index (κ1) is 7.80. The van der Waals surface area contributed by atoms with Gasteiger partial charge in [-0.3, -0.25) is 5.10 Å². The largest absolute Gasteiger partial charge is 0.330 e. The van der Waals surface area contributed by atoms with E-state index >= 15 is 0 Å². The van der Waals surface area contributed by atoms with E-state index in [0.29, 0.717) is 5.92 Å². The van der Waals surface area contributed by atoms with Crippen LogP contribution >= 0.6 is 0 Å². The first-order chi connectivity index (χ1) is 5.92. The van der Waals surface area contributed by atoms with Crippen molar-refractivity contribution in [1.82, 2.24) is 10.2 Å². The second kappa shape index (κ2) is 3.27. The normalized spacial score (nSPS) is 22.2. The van der Waals surface area contributed by atoms with Crippen LogP contribution in [0.5, 0.6) is 0 Å². The van der Waals surface area contributed by atoms with Crippen LogP contribution in [0.3, 0.4) is 0 Å². The highest BCUT2D eigenvalue weighted by molar-refractivity contribution is 5.23. The molecule has 1 aliphatic rings. The predicted octanol–water partition coefficient (Wildman–Crippen LogP) is 1.18. The van der Waals surface area contributed by atoms with Gasteiger partial charge in [0.1, 0.15) is 0 Å². The number of fused-ring (bicyclic) bond motifs is 1. The Balaban J connectivity index is 2.19. The van der Waals surface area contributed by atoms with Crippen LogP contribution in [0.2, 0.25) is 0 Å². The molecule has 0 aromatic carbocycles. The molecule has 0 saturated carbocycles. The van der Waals surface area contributed by atoms with Gasteiger partial charge in [0.15, 0.2) is 0 Å². The summed E-state index contributed by atoms with van der Waals surface area (Å²) in [6.07, 6.45) is 6.79. The van der Waals surface area contributed by atoms with Crippen LogP contribution in [-0.2, 0) is 6.42 Å². The van der Waals surface area contributed by atoms with Gasteiger partial charge < -0.3 is 5.73 Å². The number of aromatic amines is 1. The number of H-pyrrole nitrogens is 1. The number of aryl methyl sites for hydroxylation is 1. The zero-order valence-electron chi connectivity index (χ0n) is 7.21. The molecule has 3 N–H and O–H groups in total. The number of nitrogens with two attached hydrogens (primary N) is 1. The average Bonchev–Trinajstić information content (AvgIpc) is 2.53. The van der Waals surface area contributed by atoms with Crippen LogP contribution in [0.25, 0.3) is 0 Å². The van der Waals surface area contributed by atoms with Gasteiger partial charge in [-0.25, -0.2) is 0 Å². The summed E-state index contributed by atoms with van der Waals surface area (Å²) in [5.41, 5.74) is 8.30. The lowest BCUT2D eigenvalue weighted by Crippen LogP contribution is -2.12. The molecule has 3 nitrogen and oxygen atoms in total. The fourth-order valence-electron chi connectivity index (χ4n) is 2.06. The van der Waals surface area contributed by atoms with E-state index in [1.165, 1.54) is 24.1 Å². The summed E-state index contributed by atoms with van der Waals surface area (Å²) in [6, 6.07) is 0. The third kappa shape index (κ3) is 1.25. The third-order valence-corrected chi connectivity index (χ3v) is 2.69. The summed E-state index contributed by atoms with van der Waals surface area (Å²) in [7, 11) is 0. The Morgan fingerprint density at radius 2 is 2.58 bits per heavy atom. The zero-order valence-corrected chi connectivity index (χ0v) is 7.21. The van der Waals surface area contributed by atoms with E-state index in [2.05, 4.69) is 10.2 Å². The van der Waals surface area contributed by atoms with Gasteiger partial charge in [0.25, 0.3) is 0 Å². The molecule has 0 fully saturated rings. The Bertz CT molecular complexity index is 254. The Hall–Kier alpha value is -0.830. The maximum absolute atomic E-state index is 5.55. The molecule has 1 atom stereocenters.